The smallest absolute Gasteiger partial charge is 0.153 e. The van der Waals surface area contributed by atoms with Crippen molar-refractivity contribution in [3.05, 3.63) is 29.8 Å². The third-order valence-corrected chi connectivity index (χ3v) is 2.54. The zero-order valence-electron chi connectivity index (χ0n) is 7.31. The molecular formula is C11H12O2. The Bertz CT molecular complexity index is 308. The summed E-state index contributed by atoms with van der Waals surface area (Å²) in [4.78, 5) is 10.1. The van der Waals surface area contributed by atoms with Crippen molar-refractivity contribution in [1.29, 1.82) is 0 Å². The van der Waals surface area contributed by atoms with Crippen LogP contribution in [0.15, 0.2) is 24.3 Å². The molecule has 2 saturated carbocycles. The van der Waals surface area contributed by atoms with Gasteiger partial charge in [-0.15, -0.1) is 0 Å². The van der Waals surface area contributed by atoms with Crippen LogP contribution in [0, 0.1) is 11.8 Å². The molecule has 0 atom stereocenters. The number of carbonyl (C=O) groups excluding carboxylic acids is 1. The summed E-state index contributed by atoms with van der Waals surface area (Å²) < 4.78 is 0. The van der Waals surface area contributed by atoms with Gasteiger partial charge in [-0.25, -0.2) is 0 Å². The largest absolute Gasteiger partial charge is 0.507 e. The van der Waals surface area contributed by atoms with Gasteiger partial charge in [-0.2, -0.15) is 0 Å². The van der Waals surface area contributed by atoms with E-state index in [4.69, 9.17) is 5.11 Å². The van der Waals surface area contributed by atoms with Crippen LogP contribution >= 0.6 is 0 Å². The molecule has 0 heterocycles. The van der Waals surface area contributed by atoms with Crippen molar-refractivity contribution in [2.45, 2.75) is 12.8 Å². The van der Waals surface area contributed by atoms with E-state index in [9.17, 15) is 4.79 Å². The summed E-state index contributed by atoms with van der Waals surface area (Å²) in [7, 11) is 0. The predicted molar refractivity (Wildman–Crippen MR) is 49.7 cm³/mol. The van der Waals surface area contributed by atoms with Gasteiger partial charge >= 0.3 is 0 Å². The average molecular weight is 176 g/mol. The molecule has 2 aliphatic carbocycles. The summed E-state index contributed by atoms with van der Waals surface area (Å²) in [5, 5.41) is 8.88. The molecule has 1 aromatic rings. The minimum atomic E-state index is 0.0347. The lowest BCUT2D eigenvalue weighted by Gasteiger charge is -1.91. The molecule has 2 aliphatic rings. The fourth-order valence-corrected chi connectivity index (χ4v) is 1.14. The van der Waals surface area contributed by atoms with E-state index in [1.807, 2.05) is 0 Å². The fraction of sp³-hybridized carbons (Fsp3) is 0.364. The molecule has 0 radical (unpaired) electrons. The number of aromatic hydroxyl groups is 1. The molecule has 2 nitrogen and oxygen atoms in total. The lowest BCUT2D eigenvalue weighted by atomic mass is 10.2. The van der Waals surface area contributed by atoms with Gasteiger partial charge in [-0.3, -0.25) is 4.79 Å². The predicted octanol–water partition coefficient (Wildman–Crippen LogP) is 2.23. The summed E-state index contributed by atoms with van der Waals surface area (Å²) in [6, 6.07) is 6.40. The average Bonchev–Trinajstić information content (AvgIpc) is 2.93. The molecule has 0 aliphatic heterocycles. The van der Waals surface area contributed by atoms with Crippen molar-refractivity contribution < 1.29 is 9.90 Å². The normalized spacial score (nSPS) is 26.5. The highest BCUT2D eigenvalue weighted by molar-refractivity contribution is 5.78. The quantitative estimate of drug-likeness (QED) is 0.666. The van der Waals surface area contributed by atoms with Crippen LogP contribution < -0.4 is 0 Å². The third kappa shape index (κ3) is 2.08. The molecular weight excluding hydrogens is 164 g/mol. The standard InChI is InChI=1S/C7H6O2.C4H6/c8-5-6-3-1-2-4-7(6)9;1-3-2-4(1)3/h1-5,9H;3-4H,1-2H2. The maximum Gasteiger partial charge on any atom is 0.153 e. The first-order valence-electron chi connectivity index (χ1n) is 4.54. The van der Waals surface area contributed by atoms with Gasteiger partial charge in [0, 0.05) is 0 Å². The van der Waals surface area contributed by atoms with E-state index in [2.05, 4.69) is 0 Å². The molecule has 2 fully saturated rings. The van der Waals surface area contributed by atoms with Crippen molar-refractivity contribution >= 4 is 6.29 Å². The van der Waals surface area contributed by atoms with Gasteiger partial charge < -0.3 is 5.11 Å². The van der Waals surface area contributed by atoms with Gasteiger partial charge in [0.05, 0.1) is 5.56 Å². The van der Waals surface area contributed by atoms with Crippen LogP contribution in [0.1, 0.15) is 23.2 Å². The molecule has 68 valence electrons. The maximum absolute atomic E-state index is 10.1. The summed E-state index contributed by atoms with van der Waals surface area (Å²) in [5.41, 5.74) is 0.331. The van der Waals surface area contributed by atoms with Crippen LogP contribution in [0.4, 0.5) is 0 Å². The van der Waals surface area contributed by atoms with E-state index in [-0.39, 0.29) is 5.75 Å². The van der Waals surface area contributed by atoms with Gasteiger partial charge in [0.15, 0.2) is 6.29 Å². The number of phenolic OH excluding ortho intramolecular Hbond substituents is 1. The zero-order chi connectivity index (χ0) is 9.26. The lowest BCUT2D eigenvalue weighted by molar-refractivity contribution is 0.112. The molecule has 0 spiro atoms. The van der Waals surface area contributed by atoms with Crippen LogP contribution in [0.2, 0.25) is 0 Å². The Balaban J connectivity index is 0.000000131. The van der Waals surface area contributed by atoms with Crippen molar-refractivity contribution in [3.8, 4) is 5.75 Å². The first kappa shape index (κ1) is 8.30. The second-order valence-corrected chi connectivity index (χ2v) is 3.67. The molecule has 0 amide bonds. The van der Waals surface area contributed by atoms with Crippen LogP contribution in [0.25, 0.3) is 0 Å². The van der Waals surface area contributed by atoms with E-state index in [0.29, 0.717) is 11.8 Å². The highest BCUT2D eigenvalue weighted by atomic mass is 16.3. The highest BCUT2D eigenvalue weighted by Crippen LogP contribution is 2.62. The SMILES string of the molecule is C1C2CC12.O=Cc1ccccc1O. The molecule has 0 aromatic heterocycles. The summed E-state index contributed by atoms with van der Waals surface area (Å²) in [5.74, 6) is 2.53. The lowest BCUT2D eigenvalue weighted by Crippen LogP contribution is -1.77. The topological polar surface area (TPSA) is 37.3 Å². The van der Waals surface area contributed by atoms with E-state index in [0.717, 1.165) is 0 Å². The number of rotatable bonds is 1. The minimum absolute atomic E-state index is 0.0347. The molecule has 0 bridgehead atoms. The molecule has 0 unspecified atom stereocenters. The van der Waals surface area contributed by atoms with Crippen molar-refractivity contribution in [3.63, 3.8) is 0 Å². The Morgan fingerprint density at radius 3 is 2.08 bits per heavy atom. The van der Waals surface area contributed by atoms with Crippen molar-refractivity contribution in [2.24, 2.45) is 11.8 Å². The van der Waals surface area contributed by atoms with Gasteiger partial charge in [0.2, 0.25) is 0 Å². The maximum atomic E-state index is 10.1. The zero-order valence-corrected chi connectivity index (χ0v) is 7.31. The monoisotopic (exact) mass is 176 g/mol. The highest BCUT2D eigenvalue weighted by Gasteiger charge is 2.52. The van der Waals surface area contributed by atoms with Gasteiger partial charge in [0.1, 0.15) is 5.75 Å². The number of hydrogen-bond donors (Lipinski definition) is 1. The van der Waals surface area contributed by atoms with E-state index < -0.39 is 0 Å². The van der Waals surface area contributed by atoms with E-state index in [1.165, 1.54) is 17.9 Å². The molecule has 1 aromatic carbocycles. The van der Waals surface area contributed by atoms with Crippen molar-refractivity contribution in [2.75, 3.05) is 0 Å². The summed E-state index contributed by atoms with van der Waals surface area (Å²) in [6.07, 6.45) is 3.79. The number of hydrogen-bond acceptors (Lipinski definition) is 2. The van der Waals surface area contributed by atoms with Crippen LogP contribution in [-0.4, -0.2) is 11.4 Å². The van der Waals surface area contributed by atoms with Crippen LogP contribution in [0.5, 0.6) is 5.75 Å². The third-order valence-electron chi connectivity index (χ3n) is 2.54. The Hall–Kier alpha value is -1.31. The van der Waals surface area contributed by atoms with Gasteiger partial charge in [-0.1, -0.05) is 12.1 Å². The first-order chi connectivity index (χ1) is 6.31. The number of carbonyl (C=O) groups is 1. The number of phenols is 1. The fourth-order valence-electron chi connectivity index (χ4n) is 1.14. The summed E-state index contributed by atoms with van der Waals surface area (Å²) >= 11 is 0. The Morgan fingerprint density at radius 2 is 1.77 bits per heavy atom. The summed E-state index contributed by atoms with van der Waals surface area (Å²) in [6.45, 7) is 0. The Morgan fingerprint density at radius 1 is 1.23 bits per heavy atom. The second-order valence-electron chi connectivity index (χ2n) is 3.67. The van der Waals surface area contributed by atoms with Gasteiger partial charge in [0.25, 0.3) is 0 Å². The second kappa shape index (κ2) is 3.21. The van der Waals surface area contributed by atoms with Gasteiger partial charge in [-0.05, 0) is 36.8 Å². The number of aldehydes is 1. The molecule has 13 heavy (non-hydrogen) atoms. The van der Waals surface area contributed by atoms with E-state index in [1.54, 1.807) is 31.0 Å². The van der Waals surface area contributed by atoms with Crippen LogP contribution in [0.3, 0.4) is 0 Å². The van der Waals surface area contributed by atoms with E-state index >= 15 is 0 Å². The molecule has 3 rings (SSSR count). The molecule has 2 heteroatoms. The number of fused-ring (bicyclic) bond motifs is 1. The first-order valence-corrected chi connectivity index (χ1v) is 4.54. The van der Waals surface area contributed by atoms with Crippen molar-refractivity contribution in [1.82, 2.24) is 0 Å². The Kier molecular flexibility index (Phi) is 2.05. The molecule has 1 N–H and O–H groups in total. The number of benzene rings is 1. The number of para-hydroxylation sites is 1. The van der Waals surface area contributed by atoms with Crippen LogP contribution in [-0.2, 0) is 0 Å². The molecule has 0 saturated heterocycles. The Labute approximate surface area is 77.2 Å². The minimum Gasteiger partial charge on any atom is -0.507 e.